The van der Waals surface area contributed by atoms with Crippen molar-refractivity contribution in [2.75, 3.05) is 7.05 Å². The maximum atomic E-state index is 5.42. The van der Waals surface area contributed by atoms with Gasteiger partial charge in [0.15, 0.2) is 11.5 Å². The second-order valence-corrected chi connectivity index (χ2v) is 6.09. The fourth-order valence-corrected chi connectivity index (χ4v) is 2.40. The van der Waals surface area contributed by atoms with Gasteiger partial charge in [0.25, 0.3) is 0 Å². The van der Waals surface area contributed by atoms with Crippen LogP contribution in [-0.2, 0) is 13.1 Å². The molecule has 0 aliphatic carbocycles. The van der Waals surface area contributed by atoms with Crippen molar-refractivity contribution >= 4 is 0 Å². The van der Waals surface area contributed by atoms with Crippen LogP contribution < -0.4 is 0 Å². The van der Waals surface area contributed by atoms with Crippen LogP contribution in [0, 0.1) is 0 Å². The SMILES string of the molecule is CC(C)c1cc(CN(C)Cc2cc(-c3ccccc3)on2)on1. The summed E-state index contributed by atoms with van der Waals surface area (Å²) in [5.41, 5.74) is 2.92. The van der Waals surface area contributed by atoms with Crippen LogP contribution in [0.5, 0.6) is 0 Å². The lowest BCUT2D eigenvalue weighted by atomic mass is 10.1. The molecule has 0 bridgehead atoms. The van der Waals surface area contributed by atoms with Crippen LogP contribution >= 0.6 is 0 Å². The Labute approximate surface area is 135 Å². The van der Waals surface area contributed by atoms with Crippen molar-refractivity contribution in [3.05, 3.63) is 59.6 Å². The Morgan fingerprint density at radius 3 is 2.48 bits per heavy atom. The molecular weight excluding hydrogens is 290 g/mol. The number of aromatic nitrogens is 2. The van der Waals surface area contributed by atoms with Gasteiger partial charge in [0.2, 0.25) is 0 Å². The van der Waals surface area contributed by atoms with Gasteiger partial charge in [0.05, 0.1) is 17.9 Å². The summed E-state index contributed by atoms with van der Waals surface area (Å²) in [4.78, 5) is 2.12. The summed E-state index contributed by atoms with van der Waals surface area (Å²) >= 11 is 0. The highest BCUT2D eigenvalue weighted by Gasteiger charge is 2.12. The van der Waals surface area contributed by atoms with E-state index in [9.17, 15) is 0 Å². The monoisotopic (exact) mass is 311 g/mol. The molecule has 3 aromatic rings. The topological polar surface area (TPSA) is 55.3 Å². The summed E-state index contributed by atoms with van der Waals surface area (Å²) in [6, 6.07) is 14.0. The van der Waals surface area contributed by atoms with Crippen molar-refractivity contribution in [2.24, 2.45) is 0 Å². The molecule has 0 saturated heterocycles. The third-order valence-electron chi connectivity index (χ3n) is 3.64. The molecule has 0 amide bonds. The average molecular weight is 311 g/mol. The minimum Gasteiger partial charge on any atom is -0.360 e. The minimum absolute atomic E-state index is 0.377. The highest BCUT2D eigenvalue weighted by atomic mass is 16.5. The Hall–Kier alpha value is -2.40. The predicted molar refractivity (Wildman–Crippen MR) is 87.7 cm³/mol. The quantitative estimate of drug-likeness (QED) is 0.686. The first-order chi connectivity index (χ1) is 11.1. The van der Waals surface area contributed by atoms with E-state index in [-0.39, 0.29) is 0 Å². The molecule has 2 aromatic heterocycles. The Kier molecular flexibility index (Phi) is 4.57. The van der Waals surface area contributed by atoms with Crippen LogP contribution in [0.25, 0.3) is 11.3 Å². The standard InChI is InChI=1S/C18H21N3O2/c1-13(2)17-10-16(22-20-17)12-21(3)11-15-9-18(23-19-15)14-7-5-4-6-8-14/h4-10,13H,11-12H2,1-3H3. The Morgan fingerprint density at radius 2 is 1.78 bits per heavy atom. The van der Waals surface area contributed by atoms with E-state index in [4.69, 9.17) is 9.05 Å². The molecule has 0 N–H and O–H groups in total. The number of nitrogens with zero attached hydrogens (tertiary/aromatic N) is 3. The Morgan fingerprint density at radius 1 is 1.00 bits per heavy atom. The second kappa shape index (κ2) is 6.79. The smallest absolute Gasteiger partial charge is 0.167 e. The van der Waals surface area contributed by atoms with Gasteiger partial charge in [-0.25, -0.2) is 0 Å². The van der Waals surface area contributed by atoms with Crippen LogP contribution in [0.3, 0.4) is 0 Å². The molecule has 0 saturated carbocycles. The molecule has 3 rings (SSSR count). The summed E-state index contributed by atoms with van der Waals surface area (Å²) in [6.45, 7) is 5.58. The Balaban J connectivity index is 1.61. The van der Waals surface area contributed by atoms with E-state index in [1.807, 2.05) is 49.5 Å². The lowest BCUT2D eigenvalue weighted by molar-refractivity contribution is 0.259. The van der Waals surface area contributed by atoms with E-state index in [1.54, 1.807) is 0 Å². The summed E-state index contributed by atoms with van der Waals surface area (Å²) in [6.07, 6.45) is 0. The van der Waals surface area contributed by atoms with Gasteiger partial charge >= 0.3 is 0 Å². The van der Waals surface area contributed by atoms with Crippen LogP contribution in [0.1, 0.15) is 36.9 Å². The largest absolute Gasteiger partial charge is 0.360 e. The molecule has 23 heavy (non-hydrogen) atoms. The van der Waals surface area contributed by atoms with Crippen molar-refractivity contribution in [1.29, 1.82) is 0 Å². The van der Waals surface area contributed by atoms with Crippen molar-refractivity contribution in [2.45, 2.75) is 32.9 Å². The fourth-order valence-electron chi connectivity index (χ4n) is 2.40. The highest BCUT2D eigenvalue weighted by Crippen LogP contribution is 2.21. The number of rotatable bonds is 6. The van der Waals surface area contributed by atoms with Gasteiger partial charge in [-0.15, -0.1) is 0 Å². The van der Waals surface area contributed by atoms with Gasteiger partial charge in [-0.05, 0) is 13.0 Å². The highest BCUT2D eigenvalue weighted by molar-refractivity contribution is 5.56. The maximum Gasteiger partial charge on any atom is 0.167 e. The maximum absolute atomic E-state index is 5.42. The summed E-state index contributed by atoms with van der Waals surface area (Å²) in [5, 5.41) is 8.23. The molecule has 2 heterocycles. The number of hydrogen-bond acceptors (Lipinski definition) is 5. The van der Waals surface area contributed by atoms with Crippen molar-refractivity contribution in [1.82, 2.24) is 15.2 Å². The van der Waals surface area contributed by atoms with Crippen LogP contribution in [0.15, 0.2) is 51.5 Å². The zero-order chi connectivity index (χ0) is 16.2. The zero-order valence-electron chi connectivity index (χ0n) is 13.7. The van der Waals surface area contributed by atoms with Crippen LogP contribution in [0.2, 0.25) is 0 Å². The number of hydrogen-bond donors (Lipinski definition) is 0. The lowest BCUT2D eigenvalue weighted by Gasteiger charge is -2.11. The normalized spacial score (nSPS) is 11.5. The molecular formula is C18H21N3O2. The summed E-state index contributed by atoms with van der Waals surface area (Å²) < 4.78 is 10.8. The molecule has 1 aromatic carbocycles. The fraction of sp³-hybridized carbons (Fsp3) is 0.333. The van der Waals surface area contributed by atoms with E-state index >= 15 is 0 Å². The molecule has 5 nitrogen and oxygen atoms in total. The molecule has 0 unspecified atom stereocenters. The molecule has 0 spiro atoms. The van der Waals surface area contributed by atoms with Gasteiger partial charge in [-0.1, -0.05) is 54.5 Å². The zero-order valence-corrected chi connectivity index (χ0v) is 13.7. The van der Waals surface area contributed by atoms with Crippen molar-refractivity contribution in [3.8, 4) is 11.3 Å². The number of benzene rings is 1. The van der Waals surface area contributed by atoms with Gasteiger partial charge in [-0.3, -0.25) is 4.90 Å². The van der Waals surface area contributed by atoms with Gasteiger partial charge in [0.1, 0.15) is 0 Å². The molecule has 0 aliphatic rings. The van der Waals surface area contributed by atoms with Gasteiger partial charge in [-0.2, -0.15) is 0 Å². The average Bonchev–Trinajstić information content (AvgIpc) is 3.18. The van der Waals surface area contributed by atoms with E-state index in [0.717, 1.165) is 28.5 Å². The van der Waals surface area contributed by atoms with Gasteiger partial charge < -0.3 is 9.05 Å². The second-order valence-electron chi connectivity index (χ2n) is 6.09. The summed E-state index contributed by atoms with van der Waals surface area (Å²) in [7, 11) is 2.02. The first-order valence-electron chi connectivity index (χ1n) is 7.77. The van der Waals surface area contributed by atoms with Crippen LogP contribution in [-0.4, -0.2) is 22.3 Å². The first-order valence-corrected chi connectivity index (χ1v) is 7.77. The van der Waals surface area contributed by atoms with Gasteiger partial charge in [0, 0.05) is 24.2 Å². The molecule has 0 aliphatic heterocycles. The molecule has 0 fully saturated rings. The first kappa shape index (κ1) is 15.5. The van der Waals surface area contributed by atoms with E-state index in [2.05, 4.69) is 29.1 Å². The molecule has 120 valence electrons. The summed E-state index contributed by atoms with van der Waals surface area (Å²) in [5.74, 6) is 2.03. The molecule has 0 atom stereocenters. The predicted octanol–water partition coefficient (Wildman–Crippen LogP) is 4.09. The Bertz CT molecular complexity index is 746. The van der Waals surface area contributed by atoms with Crippen molar-refractivity contribution in [3.63, 3.8) is 0 Å². The van der Waals surface area contributed by atoms with E-state index in [1.165, 1.54) is 0 Å². The molecule has 5 heteroatoms. The third kappa shape index (κ3) is 3.87. The van der Waals surface area contributed by atoms with E-state index < -0.39 is 0 Å². The van der Waals surface area contributed by atoms with Crippen molar-refractivity contribution < 1.29 is 9.05 Å². The third-order valence-corrected chi connectivity index (χ3v) is 3.64. The van der Waals surface area contributed by atoms with E-state index in [0.29, 0.717) is 19.0 Å². The molecule has 0 radical (unpaired) electrons. The lowest BCUT2D eigenvalue weighted by Crippen LogP contribution is -2.17. The minimum atomic E-state index is 0.377. The van der Waals surface area contributed by atoms with Crippen LogP contribution in [0.4, 0.5) is 0 Å².